The molecule has 154 valence electrons. The number of aromatic hydroxyl groups is 1. The van der Waals surface area contributed by atoms with E-state index >= 15 is 0 Å². The monoisotopic (exact) mass is 452 g/mol. The van der Waals surface area contributed by atoms with Crippen molar-refractivity contribution < 1.29 is 9.50 Å². The molecule has 0 fully saturated rings. The first kappa shape index (κ1) is 20.8. The summed E-state index contributed by atoms with van der Waals surface area (Å²) in [6.45, 7) is 0. The smallest absolute Gasteiger partial charge is 0.251 e. The van der Waals surface area contributed by atoms with Crippen LogP contribution in [0.5, 0.6) is 5.75 Å². The lowest BCUT2D eigenvalue weighted by Crippen LogP contribution is -1.90. The third-order valence-corrected chi connectivity index (χ3v) is 4.82. The lowest BCUT2D eigenvalue weighted by Gasteiger charge is -2.02. The highest BCUT2D eigenvalue weighted by Gasteiger charge is 2.10. The van der Waals surface area contributed by atoms with E-state index in [9.17, 15) is 9.50 Å². The zero-order valence-corrected chi connectivity index (χ0v) is 17.5. The maximum atomic E-state index is 13.1. The second-order valence-electron chi connectivity index (χ2n) is 6.52. The highest BCUT2D eigenvalue weighted by molar-refractivity contribution is 6.36. The largest absolute Gasteiger partial charge is 0.506 e. The molecule has 0 saturated heterocycles. The number of aliphatic imine (C=N–C) groups is 1. The van der Waals surface area contributed by atoms with Crippen molar-refractivity contribution in [3.8, 4) is 17.0 Å². The van der Waals surface area contributed by atoms with Gasteiger partial charge < -0.3 is 5.11 Å². The average Bonchev–Trinajstić information content (AvgIpc) is 3.18. The van der Waals surface area contributed by atoms with E-state index in [1.54, 1.807) is 30.6 Å². The predicted octanol–water partition coefficient (Wildman–Crippen LogP) is 6.33. The number of aromatic nitrogens is 2. The first-order valence-corrected chi connectivity index (χ1v) is 9.92. The number of halogens is 3. The molecule has 4 aromatic rings. The van der Waals surface area contributed by atoms with E-state index in [1.165, 1.54) is 29.1 Å². The van der Waals surface area contributed by atoms with E-state index in [4.69, 9.17) is 23.2 Å². The number of hydrogen-bond donors (Lipinski definition) is 1. The third-order valence-electron chi connectivity index (χ3n) is 4.32. The molecule has 0 atom stereocenters. The van der Waals surface area contributed by atoms with Gasteiger partial charge in [-0.1, -0.05) is 65.7 Å². The van der Waals surface area contributed by atoms with Crippen LogP contribution in [0, 0.1) is 5.82 Å². The number of phenolic OH excluding ortho intramolecular Hbond substituents is 1. The van der Waals surface area contributed by atoms with E-state index in [0.29, 0.717) is 21.8 Å². The molecule has 4 rings (SSSR count). The van der Waals surface area contributed by atoms with Crippen molar-refractivity contribution in [2.24, 2.45) is 10.1 Å². The Morgan fingerprint density at radius 3 is 2.45 bits per heavy atom. The lowest BCUT2D eigenvalue weighted by atomic mass is 10.2. The van der Waals surface area contributed by atoms with Crippen molar-refractivity contribution >= 4 is 41.6 Å². The van der Waals surface area contributed by atoms with Gasteiger partial charge in [-0.05, 0) is 29.8 Å². The minimum atomic E-state index is -0.323. The first-order valence-electron chi connectivity index (χ1n) is 9.16. The molecule has 0 aliphatic carbocycles. The van der Waals surface area contributed by atoms with Crippen molar-refractivity contribution in [2.45, 2.75) is 0 Å². The molecule has 31 heavy (non-hydrogen) atoms. The zero-order valence-electron chi connectivity index (χ0n) is 16.0. The molecule has 1 heterocycles. The van der Waals surface area contributed by atoms with Crippen molar-refractivity contribution in [2.75, 3.05) is 0 Å². The third kappa shape index (κ3) is 4.99. The molecular formula is C23H15Cl2FN4O. The summed E-state index contributed by atoms with van der Waals surface area (Å²) in [4.78, 5) is 8.91. The minimum absolute atomic E-state index is 0.122. The summed E-state index contributed by atoms with van der Waals surface area (Å²) in [7, 11) is 0. The molecule has 0 unspecified atom stereocenters. The van der Waals surface area contributed by atoms with Gasteiger partial charge in [0.25, 0.3) is 5.95 Å². The predicted molar refractivity (Wildman–Crippen MR) is 122 cm³/mol. The summed E-state index contributed by atoms with van der Waals surface area (Å²) in [5.74, 6) is -0.185. The van der Waals surface area contributed by atoms with Gasteiger partial charge in [0.05, 0.1) is 23.1 Å². The summed E-state index contributed by atoms with van der Waals surface area (Å²) in [5, 5.41) is 15.0. The number of rotatable bonds is 5. The summed E-state index contributed by atoms with van der Waals surface area (Å²) < 4.78 is 14.6. The molecule has 0 spiro atoms. The van der Waals surface area contributed by atoms with Gasteiger partial charge in [-0.3, -0.25) is 0 Å². The maximum absolute atomic E-state index is 13.1. The van der Waals surface area contributed by atoms with Crippen LogP contribution in [0.15, 0.2) is 83.0 Å². The molecule has 0 aliphatic heterocycles. The van der Waals surface area contributed by atoms with Gasteiger partial charge in [0, 0.05) is 22.4 Å². The van der Waals surface area contributed by atoms with Crippen molar-refractivity contribution in [1.29, 1.82) is 0 Å². The first-order chi connectivity index (χ1) is 15.0. The summed E-state index contributed by atoms with van der Waals surface area (Å²) in [5.41, 5.74) is 2.61. The van der Waals surface area contributed by atoms with Crippen molar-refractivity contribution in [1.82, 2.24) is 9.66 Å². The number of nitrogens with zero attached hydrogens (tertiary/aromatic N) is 4. The van der Waals surface area contributed by atoms with Gasteiger partial charge in [-0.15, -0.1) is 0 Å². The number of benzene rings is 3. The molecule has 0 aliphatic rings. The number of imidazole rings is 1. The molecule has 5 nitrogen and oxygen atoms in total. The Hall–Kier alpha value is -3.48. The minimum Gasteiger partial charge on any atom is -0.506 e. The van der Waals surface area contributed by atoms with Gasteiger partial charge in [0.1, 0.15) is 11.6 Å². The van der Waals surface area contributed by atoms with E-state index in [0.717, 1.165) is 5.56 Å². The van der Waals surface area contributed by atoms with E-state index in [-0.39, 0.29) is 22.5 Å². The van der Waals surface area contributed by atoms with Crippen LogP contribution < -0.4 is 0 Å². The Bertz CT molecular complexity index is 1270. The highest BCUT2D eigenvalue weighted by Crippen LogP contribution is 2.30. The molecule has 0 amide bonds. The summed E-state index contributed by atoms with van der Waals surface area (Å²) >= 11 is 12.0. The SMILES string of the molecule is Oc1c(Cl)cc(Cl)cc1/C=N\c1nc(-c2ccccc2)cn1/N=C\c1ccc(F)cc1. The number of hydrogen-bond acceptors (Lipinski definition) is 4. The molecule has 0 radical (unpaired) electrons. The van der Waals surface area contributed by atoms with Crippen LogP contribution in [0.2, 0.25) is 10.0 Å². The molecule has 8 heteroatoms. The van der Waals surface area contributed by atoms with Crippen LogP contribution in [-0.2, 0) is 0 Å². The summed E-state index contributed by atoms with van der Waals surface area (Å²) in [6, 6.07) is 18.5. The molecule has 0 saturated carbocycles. The van der Waals surface area contributed by atoms with Crippen LogP contribution >= 0.6 is 23.2 Å². The Balaban J connectivity index is 1.73. The van der Waals surface area contributed by atoms with Gasteiger partial charge >= 0.3 is 0 Å². The fourth-order valence-corrected chi connectivity index (χ4v) is 3.28. The van der Waals surface area contributed by atoms with E-state index < -0.39 is 0 Å². The topological polar surface area (TPSA) is 62.8 Å². The molecule has 1 aromatic heterocycles. The standard InChI is InChI=1S/C23H15Cl2FN4O/c24-18-10-17(22(31)20(25)11-18)13-27-23-29-21(16-4-2-1-3-5-16)14-30(23)28-12-15-6-8-19(26)9-7-15/h1-14,31H/b27-13-,28-12-. The molecular weight excluding hydrogens is 438 g/mol. The second kappa shape index (κ2) is 9.12. The molecule has 1 N–H and O–H groups in total. The zero-order chi connectivity index (χ0) is 21.8. The Morgan fingerprint density at radius 2 is 1.71 bits per heavy atom. The number of phenols is 1. The normalized spacial score (nSPS) is 11.6. The fraction of sp³-hybridized carbons (Fsp3) is 0. The van der Waals surface area contributed by atoms with Gasteiger partial charge in [0.2, 0.25) is 0 Å². The van der Waals surface area contributed by atoms with E-state index in [1.807, 2.05) is 30.3 Å². The van der Waals surface area contributed by atoms with E-state index in [2.05, 4.69) is 15.1 Å². The van der Waals surface area contributed by atoms with Gasteiger partial charge in [-0.25, -0.2) is 19.0 Å². The Morgan fingerprint density at radius 1 is 0.968 bits per heavy atom. The molecule has 3 aromatic carbocycles. The van der Waals surface area contributed by atoms with Crippen LogP contribution in [0.25, 0.3) is 11.3 Å². The van der Waals surface area contributed by atoms with Crippen molar-refractivity contribution in [3.63, 3.8) is 0 Å². The van der Waals surface area contributed by atoms with Crippen LogP contribution in [0.1, 0.15) is 11.1 Å². The van der Waals surface area contributed by atoms with Crippen LogP contribution in [0.3, 0.4) is 0 Å². The molecule has 0 bridgehead atoms. The van der Waals surface area contributed by atoms with Crippen LogP contribution in [0.4, 0.5) is 10.3 Å². The second-order valence-corrected chi connectivity index (χ2v) is 7.36. The Kier molecular flexibility index (Phi) is 6.11. The maximum Gasteiger partial charge on any atom is 0.251 e. The average molecular weight is 453 g/mol. The van der Waals surface area contributed by atoms with Gasteiger partial charge in [-0.2, -0.15) is 5.10 Å². The lowest BCUT2D eigenvalue weighted by molar-refractivity contribution is 0.475. The van der Waals surface area contributed by atoms with Crippen LogP contribution in [-0.4, -0.2) is 27.2 Å². The Labute approximate surface area is 187 Å². The fourth-order valence-electron chi connectivity index (χ4n) is 2.77. The quantitative estimate of drug-likeness (QED) is 0.359. The van der Waals surface area contributed by atoms with Crippen molar-refractivity contribution in [3.05, 3.63) is 99.9 Å². The summed E-state index contributed by atoms with van der Waals surface area (Å²) in [6.07, 6.45) is 4.71. The van der Waals surface area contributed by atoms with Gasteiger partial charge in [0.15, 0.2) is 0 Å². The highest BCUT2D eigenvalue weighted by atomic mass is 35.5.